The molecule has 0 radical (unpaired) electrons. The molecule has 4 nitrogen and oxygen atoms in total. The van der Waals surface area contributed by atoms with E-state index in [1.165, 1.54) is 32.1 Å². The first-order valence-corrected chi connectivity index (χ1v) is 6.53. The van der Waals surface area contributed by atoms with Gasteiger partial charge in [-0.3, -0.25) is 0 Å². The lowest BCUT2D eigenvalue weighted by atomic mass is 9.96. The van der Waals surface area contributed by atoms with Gasteiger partial charge in [-0.25, -0.2) is 13.6 Å². The lowest BCUT2D eigenvalue weighted by Crippen LogP contribution is -2.35. The molecule has 0 aromatic heterocycles. The molecule has 0 aromatic rings. The van der Waals surface area contributed by atoms with Gasteiger partial charge in [0.15, 0.2) is 0 Å². The molecule has 3 N–H and O–H groups in total. The summed E-state index contributed by atoms with van der Waals surface area (Å²) in [5.74, 6) is 0.0451. The molecule has 13 heavy (non-hydrogen) atoms. The second-order valence-corrected chi connectivity index (χ2v) is 5.39. The molecule has 0 aromatic carbocycles. The smallest absolute Gasteiger partial charge is 0.210 e. The number of hydrogen-bond donors (Lipinski definition) is 2. The van der Waals surface area contributed by atoms with Crippen LogP contribution in [0.2, 0.25) is 0 Å². The summed E-state index contributed by atoms with van der Waals surface area (Å²) >= 11 is 0. The van der Waals surface area contributed by atoms with Crippen LogP contribution in [0.3, 0.4) is 0 Å². The number of nitrogens with two attached hydrogens (primary N) is 1. The van der Waals surface area contributed by atoms with Crippen molar-refractivity contribution in [1.82, 2.24) is 5.32 Å². The van der Waals surface area contributed by atoms with E-state index in [1.54, 1.807) is 0 Å². The summed E-state index contributed by atoms with van der Waals surface area (Å²) in [6.45, 7) is 0.490. The maximum absolute atomic E-state index is 10.6. The summed E-state index contributed by atoms with van der Waals surface area (Å²) in [6, 6.07) is 0.510. The van der Waals surface area contributed by atoms with Crippen LogP contribution < -0.4 is 10.5 Å². The molecule has 1 aliphatic rings. The molecule has 1 aliphatic carbocycles. The van der Waals surface area contributed by atoms with Crippen LogP contribution in [0.1, 0.15) is 32.1 Å². The molecule has 0 bridgehead atoms. The lowest BCUT2D eigenvalue weighted by Gasteiger charge is -2.22. The quantitative estimate of drug-likeness (QED) is 0.690. The van der Waals surface area contributed by atoms with Crippen molar-refractivity contribution in [3.05, 3.63) is 0 Å². The molecule has 0 heterocycles. The fourth-order valence-electron chi connectivity index (χ4n) is 1.71. The van der Waals surface area contributed by atoms with E-state index in [9.17, 15) is 8.42 Å². The number of primary sulfonamides is 1. The highest BCUT2D eigenvalue weighted by Crippen LogP contribution is 2.16. The summed E-state index contributed by atoms with van der Waals surface area (Å²) in [7, 11) is -3.29. The van der Waals surface area contributed by atoms with Crippen molar-refractivity contribution in [2.75, 3.05) is 12.3 Å². The summed E-state index contributed by atoms with van der Waals surface area (Å²) < 4.78 is 21.2. The highest BCUT2D eigenvalue weighted by molar-refractivity contribution is 7.89. The van der Waals surface area contributed by atoms with Crippen LogP contribution in [0.4, 0.5) is 0 Å². The molecule has 5 heteroatoms. The van der Waals surface area contributed by atoms with Crippen LogP contribution in [0, 0.1) is 0 Å². The average Bonchev–Trinajstić information content (AvgIpc) is 2.04. The molecule has 1 fully saturated rings. The first-order valence-electron chi connectivity index (χ1n) is 4.82. The minimum atomic E-state index is -3.29. The van der Waals surface area contributed by atoms with Crippen LogP contribution in [-0.4, -0.2) is 26.8 Å². The van der Waals surface area contributed by atoms with Crippen LogP contribution in [0.15, 0.2) is 0 Å². The maximum atomic E-state index is 10.6. The molecule has 0 aliphatic heterocycles. The second-order valence-electron chi connectivity index (χ2n) is 3.66. The summed E-state index contributed by atoms with van der Waals surface area (Å²) in [5, 5.41) is 8.10. The van der Waals surface area contributed by atoms with Crippen LogP contribution >= 0.6 is 0 Å². The van der Waals surface area contributed by atoms with E-state index in [4.69, 9.17) is 5.14 Å². The van der Waals surface area contributed by atoms with Crippen molar-refractivity contribution in [2.24, 2.45) is 5.14 Å². The number of rotatable bonds is 4. The predicted molar refractivity (Wildman–Crippen MR) is 52.8 cm³/mol. The van der Waals surface area contributed by atoms with Gasteiger partial charge in [-0.15, -0.1) is 0 Å². The monoisotopic (exact) mass is 206 g/mol. The molecule has 0 amide bonds. The van der Waals surface area contributed by atoms with E-state index in [2.05, 4.69) is 5.32 Å². The van der Waals surface area contributed by atoms with Crippen molar-refractivity contribution in [3.8, 4) is 0 Å². The van der Waals surface area contributed by atoms with Gasteiger partial charge in [-0.2, -0.15) is 0 Å². The maximum Gasteiger partial charge on any atom is 0.210 e. The Hall–Kier alpha value is -0.130. The van der Waals surface area contributed by atoms with Crippen molar-refractivity contribution in [1.29, 1.82) is 0 Å². The molecule has 0 unspecified atom stereocenters. The van der Waals surface area contributed by atoms with Gasteiger partial charge in [0.2, 0.25) is 10.0 Å². The van der Waals surface area contributed by atoms with Crippen molar-refractivity contribution >= 4 is 10.0 Å². The predicted octanol–water partition coefficient (Wildman–Crippen LogP) is 0.197. The van der Waals surface area contributed by atoms with Gasteiger partial charge in [-0.1, -0.05) is 19.3 Å². The Kier molecular flexibility index (Phi) is 4.15. The van der Waals surface area contributed by atoms with E-state index in [0.29, 0.717) is 12.6 Å². The standard InChI is InChI=1S/C8H18N2O2S/c9-13(11,12)7-6-10-8-4-2-1-3-5-8/h8,10H,1-7H2,(H2,9,11,12). The Labute approximate surface area is 79.9 Å². The van der Waals surface area contributed by atoms with Crippen molar-refractivity contribution < 1.29 is 8.42 Å². The minimum absolute atomic E-state index is 0.0451. The fourth-order valence-corrected chi connectivity index (χ4v) is 2.11. The van der Waals surface area contributed by atoms with Gasteiger partial charge < -0.3 is 5.32 Å². The zero-order valence-electron chi connectivity index (χ0n) is 7.83. The number of sulfonamides is 1. The normalized spacial score (nSPS) is 20.4. The van der Waals surface area contributed by atoms with Gasteiger partial charge in [-0.05, 0) is 12.8 Å². The topological polar surface area (TPSA) is 72.2 Å². The Balaban J connectivity index is 2.11. The Bertz CT molecular complexity index is 233. The highest BCUT2D eigenvalue weighted by Gasteiger charge is 2.12. The first-order chi connectivity index (χ1) is 6.08. The molecule has 0 atom stereocenters. The minimum Gasteiger partial charge on any atom is -0.313 e. The van der Waals surface area contributed by atoms with Gasteiger partial charge in [0.05, 0.1) is 5.75 Å². The zero-order chi connectivity index (χ0) is 9.73. The Morgan fingerprint density at radius 1 is 1.23 bits per heavy atom. The third-order valence-electron chi connectivity index (χ3n) is 2.42. The largest absolute Gasteiger partial charge is 0.313 e. The van der Waals surface area contributed by atoms with E-state index < -0.39 is 10.0 Å². The van der Waals surface area contributed by atoms with Crippen molar-refractivity contribution in [2.45, 2.75) is 38.1 Å². The van der Waals surface area contributed by atoms with E-state index in [1.807, 2.05) is 0 Å². The van der Waals surface area contributed by atoms with Gasteiger partial charge in [0.1, 0.15) is 0 Å². The van der Waals surface area contributed by atoms with Gasteiger partial charge in [0, 0.05) is 12.6 Å². The molecule has 78 valence electrons. The number of hydrogen-bond acceptors (Lipinski definition) is 3. The molecule has 0 saturated heterocycles. The van der Waals surface area contributed by atoms with Crippen LogP contribution in [0.25, 0.3) is 0 Å². The van der Waals surface area contributed by atoms with Crippen LogP contribution in [0.5, 0.6) is 0 Å². The molecule has 1 rings (SSSR count). The van der Waals surface area contributed by atoms with Gasteiger partial charge >= 0.3 is 0 Å². The third-order valence-corrected chi connectivity index (χ3v) is 3.20. The summed E-state index contributed by atoms with van der Waals surface area (Å²) in [5.41, 5.74) is 0. The Morgan fingerprint density at radius 2 is 1.85 bits per heavy atom. The van der Waals surface area contributed by atoms with E-state index in [-0.39, 0.29) is 5.75 Å². The second kappa shape index (κ2) is 4.93. The highest BCUT2D eigenvalue weighted by atomic mass is 32.2. The summed E-state index contributed by atoms with van der Waals surface area (Å²) in [6.07, 6.45) is 6.17. The Morgan fingerprint density at radius 3 is 2.38 bits per heavy atom. The zero-order valence-corrected chi connectivity index (χ0v) is 8.65. The SMILES string of the molecule is NS(=O)(=O)CCNC1CCCCC1. The average molecular weight is 206 g/mol. The van der Waals surface area contributed by atoms with Gasteiger partial charge in [0.25, 0.3) is 0 Å². The van der Waals surface area contributed by atoms with Crippen molar-refractivity contribution in [3.63, 3.8) is 0 Å². The summed E-state index contributed by atoms with van der Waals surface area (Å²) in [4.78, 5) is 0. The first kappa shape index (κ1) is 10.9. The molecular weight excluding hydrogens is 188 g/mol. The third kappa shape index (κ3) is 5.23. The lowest BCUT2D eigenvalue weighted by molar-refractivity contribution is 0.380. The number of nitrogens with one attached hydrogen (secondary N) is 1. The van der Waals surface area contributed by atoms with Crippen LogP contribution in [-0.2, 0) is 10.0 Å². The molecule has 0 spiro atoms. The molecular formula is C8H18N2O2S. The fraction of sp³-hybridized carbons (Fsp3) is 1.00. The van der Waals surface area contributed by atoms with E-state index in [0.717, 1.165) is 0 Å². The van der Waals surface area contributed by atoms with E-state index >= 15 is 0 Å². The molecule has 1 saturated carbocycles.